The molecular formula is C34H22N4. The Kier molecular flexibility index (Phi) is 4.49. The Labute approximate surface area is 219 Å². The van der Waals surface area contributed by atoms with Crippen molar-refractivity contribution in [1.29, 1.82) is 0 Å². The molecule has 0 saturated heterocycles. The van der Waals surface area contributed by atoms with Gasteiger partial charge in [0.05, 0.1) is 22.1 Å². The third-order valence-corrected chi connectivity index (χ3v) is 7.44. The second-order valence-corrected chi connectivity index (χ2v) is 9.54. The van der Waals surface area contributed by atoms with Crippen LogP contribution in [0.2, 0.25) is 0 Å². The fraction of sp³-hybridized carbons (Fsp3) is 0. The van der Waals surface area contributed by atoms with Crippen LogP contribution in [0.3, 0.4) is 0 Å². The van der Waals surface area contributed by atoms with Gasteiger partial charge in [-0.2, -0.15) is 0 Å². The van der Waals surface area contributed by atoms with E-state index in [0.29, 0.717) is 0 Å². The van der Waals surface area contributed by atoms with E-state index in [0.717, 1.165) is 33.7 Å². The highest BCUT2D eigenvalue weighted by molar-refractivity contribution is 6.12. The zero-order valence-electron chi connectivity index (χ0n) is 20.5. The van der Waals surface area contributed by atoms with Gasteiger partial charge in [-0.3, -0.25) is 9.13 Å². The maximum atomic E-state index is 4.68. The molecule has 0 atom stereocenters. The first-order chi connectivity index (χ1) is 18.9. The van der Waals surface area contributed by atoms with Gasteiger partial charge in [0.2, 0.25) is 0 Å². The monoisotopic (exact) mass is 486 g/mol. The van der Waals surface area contributed by atoms with Crippen molar-refractivity contribution in [3.05, 3.63) is 134 Å². The standard InChI is InChI=1S/C34H22N4/c1-3-11-29-25(9-1)27-17-15-24(22-32(27)38(29)34-14-6-8-20-36-34)23-16-18-31-28(21-23)26-10-2-4-12-30(26)37(31)33-13-5-7-19-35-33/h1-22H. The number of aromatic nitrogens is 4. The zero-order chi connectivity index (χ0) is 25.1. The fourth-order valence-corrected chi connectivity index (χ4v) is 5.77. The van der Waals surface area contributed by atoms with Crippen molar-refractivity contribution in [3.63, 3.8) is 0 Å². The van der Waals surface area contributed by atoms with Gasteiger partial charge in [-0.15, -0.1) is 0 Å². The van der Waals surface area contributed by atoms with Gasteiger partial charge in [0.25, 0.3) is 0 Å². The summed E-state index contributed by atoms with van der Waals surface area (Å²) in [6.07, 6.45) is 3.70. The first-order valence-corrected chi connectivity index (χ1v) is 12.8. The molecule has 4 aromatic carbocycles. The molecule has 4 heterocycles. The minimum Gasteiger partial charge on any atom is -0.294 e. The van der Waals surface area contributed by atoms with Gasteiger partial charge in [0.1, 0.15) is 11.6 Å². The number of fused-ring (bicyclic) bond motifs is 6. The summed E-state index contributed by atoms with van der Waals surface area (Å²) in [5.74, 6) is 1.84. The summed E-state index contributed by atoms with van der Waals surface area (Å²) >= 11 is 0. The summed E-state index contributed by atoms with van der Waals surface area (Å²) in [5, 5.41) is 4.89. The van der Waals surface area contributed by atoms with Crippen molar-refractivity contribution in [2.45, 2.75) is 0 Å². The van der Waals surface area contributed by atoms with Crippen LogP contribution >= 0.6 is 0 Å². The van der Waals surface area contributed by atoms with Crippen molar-refractivity contribution in [2.24, 2.45) is 0 Å². The van der Waals surface area contributed by atoms with E-state index >= 15 is 0 Å². The number of para-hydroxylation sites is 2. The van der Waals surface area contributed by atoms with E-state index in [1.165, 1.54) is 32.7 Å². The fourth-order valence-electron chi connectivity index (χ4n) is 5.77. The molecule has 0 aliphatic rings. The molecule has 8 rings (SSSR count). The average Bonchev–Trinajstić information content (AvgIpc) is 3.50. The molecule has 8 aromatic rings. The topological polar surface area (TPSA) is 35.6 Å². The SMILES string of the molecule is c1ccc(-n2c3ccccc3c3cc(-c4ccc5c6ccccc6n(-c6ccccn6)c5c4)ccc32)nc1. The first-order valence-electron chi connectivity index (χ1n) is 12.8. The molecule has 178 valence electrons. The minimum atomic E-state index is 0.921. The van der Waals surface area contributed by atoms with E-state index in [1.807, 2.05) is 36.7 Å². The van der Waals surface area contributed by atoms with E-state index < -0.39 is 0 Å². The largest absolute Gasteiger partial charge is 0.294 e. The summed E-state index contributed by atoms with van der Waals surface area (Å²) in [7, 11) is 0. The van der Waals surface area contributed by atoms with E-state index in [4.69, 9.17) is 0 Å². The molecule has 0 saturated carbocycles. The van der Waals surface area contributed by atoms with Gasteiger partial charge in [0, 0.05) is 33.9 Å². The number of benzene rings is 4. The van der Waals surface area contributed by atoms with Gasteiger partial charge in [-0.05, 0) is 65.7 Å². The maximum absolute atomic E-state index is 4.68. The van der Waals surface area contributed by atoms with Crippen LogP contribution in [0, 0.1) is 0 Å². The lowest BCUT2D eigenvalue weighted by molar-refractivity contribution is 1.08. The molecule has 0 N–H and O–H groups in total. The van der Waals surface area contributed by atoms with Crippen molar-refractivity contribution >= 4 is 43.6 Å². The Morgan fingerprint density at radius 1 is 0.368 bits per heavy atom. The highest BCUT2D eigenvalue weighted by Gasteiger charge is 2.16. The highest BCUT2D eigenvalue weighted by atomic mass is 15.1. The van der Waals surface area contributed by atoms with E-state index in [9.17, 15) is 0 Å². The lowest BCUT2D eigenvalue weighted by atomic mass is 10.0. The van der Waals surface area contributed by atoms with Crippen LogP contribution in [-0.4, -0.2) is 19.1 Å². The van der Waals surface area contributed by atoms with Crippen LogP contribution < -0.4 is 0 Å². The van der Waals surface area contributed by atoms with Crippen LogP contribution in [0.15, 0.2) is 134 Å². The quantitative estimate of drug-likeness (QED) is 0.252. The summed E-state index contributed by atoms with van der Waals surface area (Å²) in [5.41, 5.74) is 6.97. The van der Waals surface area contributed by atoms with Crippen molar-refractivity contribution < 1.29 is 0 Å². The average molecular weight is 487 g/mol. The van der Waals surface area contributed by atoms with Crippen molar-refractivity contribution in [3.8, 4) is 22.8 Å². The summed E-state index contributed by atoms with van der Waals surface area (Å²) in [6, 6.07) is 42.7. The Bertz CT molecular complexity index is 2120. The molecule has 38 heavy (non-hydrogen) atoms. The van der Waals surface area contributed by atoms with Gasteiger partial charge in [-0.25, -0.2) is 9.97 Å². The second-order valence-electron chi connectivity index (χ2n) is 9.54. The van der Waals surface area contributed by atoms with Crippen molar-refractivity contribution in [2.75, 3.05) is 0 Å². The second kappa shape index (κ2) is 8.15. The maximum Gasteiger partial charge on any atom is 0.137 e. The number of hydrogen-bond donors (Lipinski definition) is 0. The number of pyridine rings is 2. The van der Waals surface area contributed by atoms with Gasteiger partial charge < -0.3 is 0 Å². The zero-order valence-corrected chi connectivity index (χ0v) is 20.5. The Morgan fingerprint density at radius 3 is 1.53 bits per heavy atom. The summed E-state index contributed by atoms with van der Waals surface area (Å²) < 4.78 is 4.51. The van der Waals surface area contributed by atoms with Crippen LogP contribution in [0.5, 0.6) is 0 Å². The molecule has 0 radical (unpaired) electrons. The number of hydrogen-bond acceptors (Lipinski definition) is 2. The molecule has 4 aromatic heterocycles. The normalized spacial score (nSPS) is 11.7. The summed E-state index contributed by atoms with van der Waals surface area (Å²) in [6.45, 7) is 0. The Hall–Kier alpha value is -5.22. The molecular weight excluding hydrogens is 464 g/mol. The Morgan fingerprint density at radius 2 is 0.868 bits per heavy atom. The van der Waals surface area contributed by atoms with Crippen molar-refractivity contribution in [1.82, 2.24) is 19.1 Å². The third-order valence-electron chi connectivity index (χ3n) is 7.44. The van der Waals surface area contributed by atoms with Crippen LogP contribution in [0.4, 0.5) is 0 Å². The smallest absolute Gasteiger partial charge is 0.137 e. The highest BCUT2D eigenvalue weighted by Crippen LogP contribution is 2.37. The Balaban J connectivity index is 1.38. The van der Waals surface area contributed by atoms with E-state index in [2.05, 4.69) is 116 Å². The number of rotatable bonds is 3. The first kappa shape index (κ1) is 20.9. The van der Waals surface area contributed by atoms with Crippen LogP contribution in [0.1, 0.15) is 0 Å². The van der Waals surface area contributed by atoms with Crippen LogP contribution in [-0.2, 0) is 0 Å². The molecule has 0 unspecified atom stereocenters. The third kappa shape index (κ3) is 3.04. The molecule has 0 bridgehead atoms. The summed E-state index contributed by atoms with van der Waals surface area (Å²) in [4.78, 5) is 9.33. The van der Waals surface area contributed by atoms with E-state index in [1.54, 1.807) is 0 Å². The molecule has 0 fully saturated rings. The van der Waals surface area contributed by atoms with Crippen LogP contribution in [0.25, 0.3) is 66.4 Å². The predicted molar refractivity (Wildman–Crippen MR) is 156 cm³/mol. The van der Waals surface area contributed by atoms with Gasteiger partial charge in [-0.1, -0.05) is 66.7 Å². The molecule has 4 heteroatoms. The number of nitrogens with zero attached hydrogens (tertiary/aromatic N) is 4. The molecule has 0 aliphatic carbocycles. The lowest BCUT2D eigenvalue weighted by Crippen LogP contribution is -1.96. The van der Waals surface area contributed by atoms with Gasteiger partial charge in [0.15, 0.2) is 0 Å². The molecule has 0 spiro atoms. The van der Waals surface area contributed by atoms with E-state index in [-0.39, 0.29) is 0 Å². The lowest BCUT2D eigenvalue weighted by Gasteiger charge is -2.09. The predicted octanol–water partition coefficient (Wildman–Crippen LogP) is 8.34. The molecule has 4 nitrogen and oxygen atoms in total. The minimum absolute atomic E-state index is 0.921. The molecule has 0 amide bonds. The molecule has 0 aliphatic heterocycles. The van der Waals surface area contributed by atoms with Gasteiger partial charge >= 0.3 is 0 Å².